The van der Waals surface area contributed by atoms with Crippen LogP contribution in [-0.4, -0.2) is 43.1 Å². The number of benzene rings is 1. The lowest BCUT2D eigenvalue weighted by molar-refractivity contribution is -0.130. The predicted molar refractivity (Wildman–Crippen MR) is 94.7 cm³/mol. The quantitative estimate of drug-likeness (QED) is 0.818. The Balaban J connectivity index is 1.76. The van der Waals surface area contributed by atoms with Gasteiger partial charge in [-0.3, -0.25) is 4.79 Å². The Kier molecular flexibility index (Phi) is 5.19. The summed E-state index contributed by atoms with van der Waals surface area (Å²) in [6.07, 6.45) is 2.10. The standard InChI is InChI=1S/C17H19FN2O3S2/c1-12-19-11-13(24-12)10-17(21)20-7-6-16(25(22,23)9-8-20)14-4-2-3-5-15(14)18/h2-5,11,16H,6-10H2,1H3/t16-/m0/s1. The summed E-state index contributed by atoms with van der Waals surface area (Å²) < 4.78 is 39.2. The minimum absolute atomic E-state index is 0.118. The topological polar surface area (TPSA) is 67.3 Å². The maximum atomic E-state index is 14.0. The first-order valence-electron chi connectivity index (χ1n) is 8.02. The number of hydrogen-bond donors (Lipinski definition) is 0. The number of aryl methyl sites for hydroxylation is 1. The van der Waals surface area contributed by atoms with Crippen LogP contribution in [0, 0.1) is 12.7 Å². The number of carbonyl (C=O) groups excluding carboxylic acids is 1. The van der Waals surface area contributed by atoms with Gasteiger partial charge in [0.2, 0.25) is 5.91 Å². The molecule has 1 aromatic carbocycles. The van der Waals surface area contributed by atoms with Crippen LogP contribution in [0.1, 0.15) is 27.1 Å². The number of nitrogens with zero attached hydrogens (tertiary/aromatic N) is 2. The number of hydrogen-bond acceptors (Lipinski definition) is 5. The minimum Gasteiger partial charge on any atom is -0.341 e. The van der Waals surface area contributed by atoms with Gasteiger partial charge in [0.15, 0.2) is 9.84 Å². The number of thiazole rings is 1. The van der Waals surface area contributed by atoms with Gasteiger partial charge < -0.3 is 4.90 Å². The van der Waals surface area contributed by atoms with Crippen molar-refractivity contribution in [3.8, 4) is 0 Å². The Hall–Kier alpha value is -1.80. The van der Waals surface area contributed by atoms with Crippen LogP contribution in [0.2, 0.25) is 0 Å². The molecule has 1 aliphatic heterocycles. The van der Waals surface area contributed by atoms with E-state index < -0.39 is 20.9 Å². The smallest absolute Gasteiger partial charge is 0.227 e. The van der Waals surface area contributed by atoms with Gasteiger partial charge in [-0.15, -0.1) is 11.3 Å². The summed E-state index contributed by atoms with van der Waals surface area (Å²) in [4.78, 5) is 19.0. The molecule has 3 rings (SSSR count). The molecule has 0 radical (unpaired) electrons. The number of rotatable bonds is 3. The van der Waals surface area contributed by atoms with Gasteiger partial charge in [0, 0.05) is 29.7 Å². The monoisotopic (exact) mass is 382 g/mol. The fourth-order valence-electron chi connectivity index (χ4n) is 3.03. The van der Waals surface area contributed by atoms with Gasteiger partial charge in [-0.25, -0.2) is 17.8 Å². The number of sulfone groups is 1. The van der Waals surface area contributed by atoms with Crippen molar-refractivity contribution < 1.29 is 17.6 Å². The van der Waals surface area contributed by atoms with Gasteiger partial charge in [0.25, 0.3) is 0 Å². The van der Waals surface area contributed by atoms with E-state index in [0.717, 1.165) is 9.88 Å². The molecule has 0 aliphatic carbocycles. The third kappa shape index (κ3) is 4.07. The van der Waals surface area contributed by atoms with Crippen molar-refractivity contribution in [1.82, 2.24) is 9.88 Å². The molecule has 0 saturated carbocycles. The van der Waals surface area contributed by atoms with Crippen LogP contribution in [0.25, 0.3) is 0 Å². The molecular weight excluding hydrogens is 363 g/mol. The number of aromatic nitrogens is 1. The number of amides is 1. The summed E-state index contributed by atoms with van der Waals surface area (Å²) in [6, 6.07) is 5.95. The minimum atomic E-state index is -3.51. The van der Waals surface area contributed by atoms with Crippen molar-refractivity contribution in [3.05, 3.63) is 51.7 Å². The summed E-state index contributed by atoms with van der Waals surface area (Å²) in [5.74, 6) is -0.788. The van der Waals surface area contributed by atoms with Crippen LogP contribution in [-0.2, 0) is 21.1 Å². The summed E-state index contributed by atoms with van der Waals surface area (Å²) >= 11 is 1.46. The van der Waals surface area contributed by atoms with Gasteiger partial charge in [-0.1, -0.05) is 18.2 Å². The summed E-state index contributed by atoms with van der Waals surface area (Å²) in [6.45, 7) is 2.31. The average Bonchev–Trinajstić information content (AvgIpc) is 2.88. The second-order valence-electron chi connectivity index (χ2n) is 6.07. The van der Waals surface area contributed by atoms with E-state index in [9.17, 15) is 17.6 Å². The Morgan fingerprint density at radius 2 is 2.12 bits per heavy atom. The molecule has 1 atom stereocenters. The van der Waals surface area contributed by atoms with E-state index >= 15 is 0 Å². The molecule has 1 fully saturated rings. The van der Waals surface area contributed by atoms with Crippen LogP contribution in [0.3, 0.4) is 0 Å². The van der Waals surface area contributed by atoms with Gasteiger partial charge >= 0.3 is 0 Å². The van der Waals surface area contributed by atoms with Crippen LogP contribution >= 0.6 is 11.3 Å². The second-order valence-corrected chi connectivity index (χ2v) is 9.69. The van der Waals surface area contributed by atoms with Crippen LogP contribution in [0.5, 0.6) is 0 Å². The fraction of sp³-hybridized carbons (Fsp3) is 0.412. The molecule has 1 aliphatic rings. The van der Waals surface area contributed by atoms with Crippen molar-refractivity contribution in [2.24, 2.45) is 0 Å². The second kappa shape index (κ2) is 7.21. The van der Waals surface area contributed by atoms with Crippen LogP contribution < -0.4 is 0 Å². The lowest BCUT2D eigenvalue weighted by atomic mass is 10.1. The largest absolute Gasteiger partial charge is 0.341 e. The zero-order valence-corrected chi connectivity index (χ0v) is 15.4. The third-order valence-corrected chi connectivity index (χ3v) is 7.36. The summed E-state index contributed by atoms with van der Waals surface area (Å²) in [7, 11) is -3.51. The maximum absolute atomic E-state index is 14.0. The molecule has 0 spiro atoms. The molecule has 2 aromatic rings. The van der Waals surface area contributed by atoms with E-state index in [-0.39, 0.29) is 36.6 Å². The molecule has 2 heterocycles. The third-order valence-electron chi connectivity index (χ3n) is 4.34. The summed E-state index contributed by atoms with van der Waals surface area (Å²) in [5.41, 5.74) is 0.190. The highest BCUT2D eigenvalue weighted by Gasteiger charge is 2.34. The Labute approximate surface area is 150 Å². The number of carbonyl (C=O) groups is 1. The fourth-order valence-corrected chi connectivity index (χ4v) is 5.61. The van der Waals surface area contributed by atoms with Crippen molar-refractivity contribution in [3.63, 3.8) is 0 Å². The zero-order valence-electron chi connectivity index (χ0n) is 13.8. The number of halogens is 1. The van der Waals surface area contributed by atoms with E-state index in [4.69, 9.17) is 0 Å². The molecule has 25 heavy (non-hydrogen) atoms. The maximum Gasteiger partial charge on any atom is 0.227 e. The average molecular weight is 382 g/mol. The lowest BCUT2D eigenvalue weighted by Gasteiger charge is -2.19. The van der Waals surface area contributed by atoms with E-state index in [0.29, 0.717) is 6.54 Å². The highest BCUT2D eigenvalue weighted by atomic mass is 32.2. The highest BCUT2D eigenvalue weighted by molar-refractivity contribution is 7.91. The predicted octanol–water partition coefficient (Wildman–Crippen LogP) is 2.52. The molecule has 0 unspecified atom stereocenters. The van der Waals surface area contributed by atoms with Crippen molar-refractivity contribution in [2.45, 2.75) is 25.0 Å². The van der Waals surface area contributed by atoms with Crippen molar-refractivity contribution in [2.75, 3.05) is 18.8 Å². The first-order valence-corrected chi connectivity index (χ1v) is 10.5. The van der Waals surface area contributed by atoms with Crippen molar-refractivity contribution in [1.29, 1.82) is 0 Å². The van der Waals surface area contributed by atoms with Crippen LogP contribution in [0.15, 0.2) is 30.5 Å². The molecule has 0 bridgehead atoms. The van der Waals surface area contributed by atoms with Gasteiger partial charge in [0.1, 0.15) is 5.82 Å². The lowest BCUT2D eigenvalue weighted by Crippen LogP contribution is -2.34. The Bertz CT molecular complexity index is 880. The van der Waals surface area contributed by atoms with Gasteiger partial charge in [0.05, 0.1) is 22.4 Å². The molecule has 134 valence electrons. The van der Waals surface area contributed by atoms with E-state index in [1.165, 1.54) is 29.5 Å². The van der Waals surface area contributed by atoms with Gasteiger partial charge in [-0.2, -0.15) is 0 Å². The molecule has 1 amide bonds. The normalized spacial score (nSPS) is 20.2. The SMILES string of the molecule is Cc1ncc(CC(=O)N2CC[C@@H](c3ccccc3F)S(=O)(=O)CC2)s1. The van der Waals surface area contributed by atoms with E-state index in [2.05, 4.69) is 4.98 Å². The zero-order chi connectivity index (χ0) is 18.0. The molecular formula is C17H19FN2O3S2. The summed E-state index contributed by atoms with van der Waals surface area (Å²) in [5, 5.41) is -0.0157. The Morgan fingerprint density at radius 1 is 1.36 bits per heavy atom. The molecule has 5 nitrogen and oxygen atoms in total. The Morgan fingerprint density at radius 3 is 2.80 bits per heavy atom. The van der Waals surface area contributed by atoms with Crippen LogP contribution in [0.4, 0.5) is 4.39 Å². The first kappa shape index (κ1) is 18.0. The van der Waals surface area contributed by atoms with Gasteiger partial charge in [-0.05, 0) is 19.4 Å². The molecule has 1 aromatic heterocycles. The van der Waals surface area contributed by atoms with E-state index in [1.54, 1.807) is 17.2 Å². The van der Waals surface area contributed by atoms with E-state index in [1.807, 2.05) is 6.92 Å². The molecule has 8 heteroatoms. The molecule has 1 saturated heterocycles. The first-order chi connectivity index (χ1) is 11.9. The highest BCUT2D eigenvalue weighted by Crippen LogP contribution is 2.31. The molecule has 0 N–H and O–H groups in total. The van der Waals surface area contributed by atoms with Crippen molar-refractivity contribution >= 4 is 27.1 Å².